The lowest BCUT2D eigenvalue weighted by Gasteiger charge is -2.27. The second-order valence-corrected chi connectivity index (χ2v) is 7.00. The molecule has 0 saturated carbocycles. The quantitative estimate of drug-likeness (QED) is 0.388. The van der Waals surface area contributed by atoms with Crippen LogP contribution < -0.4 is 10.6 Å². The van der Waals surface area contributed by atoms with Crippen molar-refractivity contribution in [2.75, 3.05) is 19.6 Å². The Hall–Kier alpha value is -1.66. The molecule has 0 spiro atoms. The number of piperidine rings is 1. The Bertz CT molecular complexity index is 560. The summed E-state index contributed by atoms with van der Waals surface area (Å²) in [6.45, 7) is 5.02. The first kappa shape index (κ1) is 22.4. The molecule has 1 aromatic carbocycles. The number of halogens is 1. The zero-order valence-corrected chi connectivity index (χ0v) is 16.2. The number of aryl methyl sites for hydroxylation is 1. The summed E-state index contributed by atoms with van der Waals surface area (Å²) in [5.41, 5.74) is 1.22. The van der Waals surface area contributed by atoms with Crippen LogP contribution >= 0.6 is 12.4 Å². The second kappa shape index (κ2) is 11.9. The van der Waals surface area contributed by atoms with Gasteiger partial charge in [-0.05, 0) is 62.6 Å². The zero-order chi connectivity index (χ0) is 18.1. The van der Waals surface area contributed by atoms with E-state index in [4.69, 9.17) is 0 Å². The predicted molar refractivity (Wildman–Crippen MR) is 106 cm³/mol. The standard InChI is InChI=1S/C19H29N3O3.ClH/c1-15(17-9-12-20-13-10-17)14-19(23)21-11-3-2-4-16-5-7-18(8-6-16)22(24)25;/h5-8,15,17,20H,2-4,9-14H2,1H3,(H,21,23);1H. The number of nitro groups is 1. The van der Waals surface area contributed by atoms with E-state index in [0.29, 0.717) is 24.8 Å². The Morgan fingerprint density at radius 1 is 1.27 bits per heavy atom. The minimum atomic E-state index is -0.385. The van der Waals surface area contributed by atoms with E-state index in [1.807, 2.05) is 0 Å². The first-order valence-corrected chi connectivity index (χ1v) is 9.27. The van der Waals surface area contributed by atoms with Crippen molar-refractivity contribution in [3.05, 3.63) is 39.9 Å². The van der Waals surface area contributed by atoms with Crippen molar-refractivity contribution in [1.82, 2.24) is 10.6 Å². The molecular formula is C19H30ClN3O3. The molecule has 1 atom stereocenters. The van der Waals surface area contributed by atoms with Crippen LogP contribution in [-0.2, 0) is 11.2 Å². The summed E-state index contributed by atoms with van der Waals surface area (Å²) in [6, 6.07) is 6.69. The molecule has 2 N–H and O–H groups in total. The van der Waals surface area contributed by atoms with Gasteiger partial charge in [-0.1, -0.05) is 19.1 Å². The maximum Gasteiger partial charge on any atom is 0.269 e. The van der Waals surface area contributed by atoms with Crippen LogP contribution in [0.1, 0.15) is 44.6 Å². The number of nitrogens with one attached hydrogen (secondary N) is 2. The SMILES string of the molecule is CC(CC(=O)NCCCCc1ccc([N+](=O)[O-])cc1)C1CCNCC1.Cl. The fraction of sp³-hybridized carbons (Fsp3) is 0.632. The average Bonchev–Trinajstić information content (AvgIpc) is 2.62. The van der Waals surface area contributed by atoms with Gasteiger partial charge < -0.3 is 10.6 Å². The highest BCUT2D eigenvalue weighted by atomic mass is 35.5. The number of amides is 1. The topological polar surface area (TPSA) is 84.3 Å². The molecule has 1 aliphatic heterocycles. The van der Waals surface area contributed by atoms with Crippen molar-refractivity contribution < 1.29 is 9.72 Å². The highest BCUT2D eigenvalue weighted by Crippen LogP contribution is 2.24. The number of hydrogen-bond acceptors (Lipinski definition) is 4. The molecule has 1 amide bonds. The number of non-ortho nitro benzene ring substituents is 1. The van der Waals surface area contributed by atoms with Crippen LogP contribution in [0.5, 0.6) is 0 Å². The van der Waals surface area contributed by atoms with Crippen LogP contribution in [0, 0.1) is 22.0 Å². The van der Waals surface area contributed by atoms with Gasteiger partial charge in [-0.2, -0.15) is 0 Å². The maximum atomic E-state index is 12.0. The molecule has 7 heteroatoms. The van der Waals surface area contributed by atoms with Gasteiger partial charge in [0.05, 0.1) is 4.92 Å². The third-order valence-corrected chi connectivity index (χ3v) is 5.06. The lowest BCUT2D eigenvalue weighted by atomic mass is 9.84. The largest absolute Gasteiger partial charge is 0.356 e. The average molecular weight is 384 g/mol. The lowest BCUT2D eigenvalue weighted by Crippen LogP contribution is -2.33. The van der Waals surface area contributed by atoms with Crippen LogP contribution in [0.4, 0.5) is 5.69 Å². The number of benzene rings is 1. The van der Waals surface area contributed by atoms with E-state index in [1.165, 1.54) is 12.8 Å². The van der Waals surface area contributed by atoms with Crippen molar-refractivity contribution in [2.45, 2.75) is 45.4 Å². The van der Waals surface area contributed by atoms with E-state index in [1.54, 1.807) is 24.3 Å². The molecule has 1 saturated heterocycles. The summed E-state index contributed by atoms with van der Waals surface area (Å²) >= 11 is 0. The molecule has 6 nitrogen and oxygen atoms in total. The van der Waals surface area contributed by atoms with E-state index in [-0.39, 0.29) is 28.9 Å². The molecule has 0 aliphatic carbocycles. The van der Waals surface area contributed by atoms with E-state index < -0.39 is 0 Å². The number of nitro benzene ring substituents is 1. The van der Waals surface area contributed by atoms with Crippen molar-refractivity contribution >= 4 is 24.0 Å². The lowest BCUT2D eigenvalue weighted by molar-refractivity contribution is -0.384. The van der Waals surface area contributed by atoms with E-state index in [9.17, 15) is 14.9 Å². The third kappa shape index (κ3) is 7.70. The van der Waals surface area contributed by atoms with Crippen LogP contribution in [0.3, 0.4) is 0 Å². The Morgan fingerprint density at radius 2 is 1.92 bits per heavy atom. The number of hydrogen-bond donors (Lipinski definition) is 2. The van der Waals surface area contributed by atoms with Crippen molar-refractivity contribution in [1.29, 1.82) is 0 Å². The highest BCUT2D eigenvalue weighted by molar-refractivity contribution is 5.85. The Kier molecular flexibility index (Phi) is 10.2. The van der Waals surface area contributed by atoms with Crippen molar-refractivity contribution in [3.63, 3.8) is 0 Å². The molecule has 0 radical (unpaired) electrons. The molecule has 1 fully saturated rings. The first-order valence-electron chi connectivity index (χ1n) is 9.27. The Labute approximate surface area is 161 Å². The van der Waals surface area contributed by atoms with E-state index in [0.717, 1.165) is 37.9 Å². The van der Waals surface area contributed by atoms with Crippen LogP contribution in [0.15, 0.2) is 24.3 Å². The molecule has 1 aliphatic rings. The molecule has 146 valence electrons. The summed E-state index contributed by atoms with van der Waals surface area (Å²) < 4.78 is 0. The molecule has 1 heterocycles. The van der Waals surface area contributed by atoms with Gasteiger partial charge in [-0.3, -0.25) is 14.9 Å². The van der Waals surface area contributed by atoms with Gasteiger partial charge in [0.1, 0.15) is 0 Å². The van der Waals surface area contributed by atoms with Gasteiger partial charge >= 0.3 is 0 Å². The van der Waals surface area contributed by atoms with Crippen molar-refractivity contribution in [3.8, 4) is 0 Å². The number of rotatable bonds is 9. The minimum absolute atomic E-state index is 0. The van der Waals surface area contributed by atoms with Gasteiger partial charge in [0.25, 0.3) is 5.69 Å². The van der Waals surface area contributed by atoms with Crippen LogP contribution in [0.2, 0.25) is 0 Å². The predicted octanol–water partition coefficient (Wildman–Crippen LogP) is 3.48. The molecule has 1 unspecified atom stereocenters. The van der Waals surface area contributed by atoms with Crippen LogP contribution in [-0.4, -0.2) is 30.5 Å². The number of unbranched alkanes of at least 4 members (excludes halogenated alkanes) is 1. The van der Waals surface area contributed by atoms with Crippen LogP contribution in [0.25, 0.3) is 0 Å². The fourth-order valence-corrected chi connectivity index (χ4v) is 3.41. The highest BCUT2D eigenvalue weighted by Gasteiger charge is 2.21. The van der Waals surface area contributed by atoms with Crippen molar-refractivity contribution in [2.24, 2.45) is 11.8 Å². The fourth-order valence-electron chi connectivity index (χ4n) is 3.41. The molecule has 26 heavy (non-hydrogen) atoms. The van der Waals surface area contributed by atoms with Gasteiger partial charge in [0, 0.05) is 25.1 Å². The molecule has 2 rings (SSSR count). The molecule has 0 aromatic heterocycles. The molecule has 0 bridgehead atoms. The summed E-state index contributed by atoms with van der Waals surface area (Å²) in [4.78, 5) is 22.3. The second-order valence-electron chi connectivity index (χ2n) is 7.00. The Balaban J connectivity index is 0.00000338. The molecular weight excluding hydrogens is 354 g/mol. The molecule has 1 aromatic rings. The smallest absolute Gasteiger partial charge is 0.269 e. The minimum Gasteiger partial charge on any atom is -0.356 e. The maximum absolute atomic E-state index is 12.0. The normalized spacial score (nSPS) is 15.7. The van der Waals surface area contributed by atoms with Gasteiger partial charge in [-0.25, -0.2) is 0 Å². The first-order chi connectivity index (χ1) is 12.1. The third-order valence-electron chi connectivity index (χ3n) is 5.06. The van der Waals surface area contributed by atoms with E-state index >= 15 is 0 Å². The van der Waals surface area contributed by atoms with Gasteiger partial charge in [0.15, 0.2) is 0 Å². The number of carbonyl (C=O) groups excluding carboxylic acids is 1. The summed E-state index contributed by atoms with van der Waals surface area (Å²) in [5.74, 6) is 1.26. The number of carbonyl (C=O) groups is 1. The Morgan fingerprint density at radius 3 is 2.54 bits per heavy atom. The summed E-state index contributed by atoms with van der Waals surface area (Å²) in [5, 5.41) is 17.0. The number of nitrogens with zero attached hydrogens (tertiary/aromatic N) is 1. The summed E-state index contributed by atoms with van der Waals surface area (Å²) in [7, 11) is 0. The van der Waals surface area contributed by atoms with E-state index in [2.05, 4.69) is 17.6 Å². The van der Waals surface area contributed by atoms with Gasteiger partial charge in [0.2, 0.25) is 5.91 Å². The zero-order valence-electron chi connectivity index (χ0n) is 15.4. The monoisotopic (exact) mass is 383 g/mol. The summed E-state index contributed by atoms with van der Waals surface area (Å²) in [6.07, 6.45) is 5.71. The van der Waals surface area contributed by atoms with Gasteiger partial charge in [-0.15, -0.1) is 12.4 Å².